The number of benzene rings is 1. The monoisotopic (exact) mass is 334 g/mol. The summed E-state index contributed by atoms with van der Waals surface area (Å²) in [4.78, 5) is 20.4. The highest BCUT2D eigenvalue weighted by Crippen LogP contribution is 2.47. The minimum absolute atomic E-state index is 0.0378. The van der Waals surface area contributed by atoms with Crippen LogP contribution < -0.4 is 4.74 Å². The molecule has 1 saturated carbocycles. The Bertz CT molecular complexity index is 877. The number of pyridine rings is 2. The van der Waals surface area contributed by atoms with Crippen LogP contribution in [0.3, 0.4) is 0 Å². The van der Waals surface area contributed by atoms with Crippen LogP contribution in [0, 0.1) is 5.92 Å². The number of nitrogens with zero attached hydrogens (tertiary/aromatic N) is 2. The molecular formula is C20H18N2O3. The highest BCUT2D eigenvalue weighted by Gasteiger charge is 2.45. The molecule has 0 amide bonds. The first-order valence-electron chi connectivity index (χ1n) is 8.36. The second kappa shape index (κ2) is 6.89. The molecule has 2 aromatic heterocycles. The average Bonchev–Trinajstić information content (AvgIpc) is 3.47. The average molecular weight is 334 g/mol. The van der Waals surface area contributed by atoms with E-state index in [-0.39, 0.29) is 24.4 Å². The summed E-state index contributed by atoms with van der Waals surface area (Å²) >= 11 is 0. The van der Waals surface area contributed by atoms with Crippen LogP contribution in [0.5, 0.6) is 5.75 Å². The number of para-hydroxylation sites is 1. The molecule has 2 heterocycles. The van der Waals surface area contributed by atoms with E-state index in [1.807, 2.05) is 42.5 Å². The number of rotatable bonds is 6. The molecular weight excluding hydrogens is 316 g/mol. The molecule has 0 N–H and O–H groups in total. The van der Waals surface area contributed by atoms with Crippen molar-refractivity contribution < 1.29 is 14.3 Å². The summed E-state index contributed by atoms with van der Waals surface area (Å²) in [5.41, 5.74) is 2.03. The normalized spacial score (nSPS) is 18.7. The first-order valence-corrected chi connectivity index (χ1v) is 8.36. The van der Waals surface area contributed by atoms with Gasteiger partial charge in [-0.2, -0.15) is 0 Å². The molecule has 0 unspecified atom stereocenters. The summed E-state index contributed by atoms with van der Waals surface area (Å²) in [7, 11) is 0. The maximum atomic E-state index is 12.1. The van der Waals surface area contributed by atoms with Crippen molar-refractivity contribution in [2.75, 3.05) is 13.2 Å². The first-order chi connectivity index (χ1) is 12.3. The quantitative estimate of drug-likeness (QED) is 0.511. The first kappa shape index (κ1) is 15.6. The van der Waals surface area contributed by atoms with Crippen LogP contribution in [-0.2, 0) is 9.53 Å². The van der Waals surface area contributed by atoms with E-state index >= 15 is 0 Å². The SMILES string of the molecule is O=C(OCCOc1ccnc2ccccc12)[C@H]1C[C@@H]1c1ccncc1. The van der Waals surface area contributed by atoms with Gasteiger partial charge in [0, 0.05) is 24.0 Å². The second-order valence-electron chi connectivity index (χ2n) is 6.07. The van der Waals surface area contributed by atoms with Crippen molar-refractivity contribution in [3.8, 4) is 5.75 Å². The van der Waals surface area contributed by atoms with Gasteiger partial charge in [0.1, 0.15) is 19.0 Å². The topological polar surface area (TPSA) is 61.3 Å². The number of hydrogen-bond donors (Lipinski definition) is 0. The third-order valence-corrected chi connectivity index (χ3v) is 4.42. The number of ether oxygens (including phenoxy) is 2. The zero-order valence-corrected chi connectivity index (χ0v) is 13.7. The van der Waals surface area contributed by atoms with E-state index in [0.717, 1.165) is 28.6 Å². The van der Waals surface area contributed by atoms with Gasteiger partial charge in [-0.3, -0.25) is 14.8 Å². The minimum atomic E-state index is -0.148. The van der Waals surface area contributed by atoms with E-state index in [9.17, 15) is 4.79 Å². The largest absolute Gasteiger partial charge is 0.489 e. The lowest BCUT2D eigenvalue weighted by atomic mass is 10.1. The molecule has 0 bridgehead atoms. The van der Waals surface area contributed by atoms with E-state index in [0.29, 0.717) is 6.61 Å². The number of fused-ring (bicyclic) bond motifs is 1. The van der Waals surface area contributed by atoms with Gasteiger partial charge in [0.05, 0.1) is 11.4 Å². The van der Waals surface area contributed by atoms with E-state index in [2.05, 4.69) is 9.97 Å². The highest BCUT2D eigenvalue weighted by atomic mass is 16.6. The number of carbonyl (C=O) groups is 1. The fraction of sp³-hybridized carbons (Fsp3) is 0.250. The molecule has 3 aromatic rings. The Labute approximate surface area is 145 Å². The minimum Gasteiger partial charge on any atom is -0.489 e. The molecule has 1 aliphatic rings. The summed E-state index contributed by atoms with van der Waals surface area (Å²) in [5, 5.41) is 0.955. The summed E-state index contributed by atoms with van der Waals surface area (Å²) in [6, 6.07) is 13.5. The Morgan fingerprint density at radius 2 is 1.88 bits per heavy atom. The van der Waals surface area contributed by atoms with Gasteiger partial charge in [0.15, 0.2) is 0 Å². The molecule has 0 spiro atoms. The van der Waals surface area contributed by atoms with Crippen molar-refractivity contribution in [2.45, 2.75) is 12.3 Å². The van der Waals surface area contributed by atoms with Crippen LogP contribution in [0.25, 0.3) is 10.9 Å². The van der Waals surface area contributed by atoms with Crippen LogP contribution in [0.1, 0.15) is 17.9 Å². The van der Waals surface area contributed by atoms with Gasteiger partial charge in [-0.1, -0.05) is 12.1 Å². The van der Waals surface area contributed by atoms with Crippen molar-refractivity contribution in [1.29, 1.82) is 0 Å². The van der Waals surface area contributed by atoms with Gasteiger partial charge in [0.2, 0.25) is 0 Å². The van der Waals surface area contributed by atoms with Crippen LogP contribution >= 0.6 is 0 Å². The van der Waals surface area contributed by atoms with Crippen LogP contribution in [-0.4, -0.2) is 29.2 Å². The third-order valence-electron chi connectivity index (χ3n) is 4.42. The van der Waals surface area contributed by atoms with E-state index in [1.165, 1.54) is 0 Å². The maximum absolute atomic E-state index is 12.1. The maximum Gasteiger partial charge on any atom is 0.309 e. The fourth-order valence-corrected chi connectivity index (χ4v) is 3.03. The van der Waals surface area contributed by atoms with Gasteiger partial charge < -0.3 is 9.47 Å². The van der Waals surface area contributed by atoms with Crippen LogP contribution in [0.4, 0.5) is 0 Å². The Balaban J connectivity index is 1.27. The summed E-state index contributed by atoms with van der Waals surface area (Å²) in [6.07, 6.45) is 6.07. The van der Waals surface area contributed by atoms with Gasteiger partial charge >= 0.3 is 5.97 Å². The smallest absolute Gasteiger partial charge is 0.309 e. The molecule has 0 aliphatic heterocycles. The fourth-order valence-electron chi connectivity index (χ4n) is 3.03. The standard InChI is InChI=1S/C20H18N2O3/c23-20(17-13-16(17)14-5-8-21-9-6-14)25-12-11-24-19-7-10-22-18-4-2-1-3-15(18)19/h1-10,16-17H,11-13H2/t16-,17+/m1/s1. The van der Waals surface area contributed by atoms with Crippen LogP contribution in [0.15, 0.2) is 61.1 Å². The van der Waals surface area contributed by atoms with Crippen molar-refractivity contribution in [1.82, 2.24) is 9.97 Å². The molecule has 5 nitrogen and oxygen atoms in total. The number of esters is 1. The molecule has 5 heteroatoms. The molecule has 1 aromatic carbocycles. The van der Waals surface area contributed by atoms with Crippen molar-refractivity contribution in [3.05, 3.63) is 66.6 Å². The van der Waals surface area contributed by atoms with Gasteiger partial charge in [-0.15, -0.1) is 0 Å². The molecule has 126 valence electrons. The van der Waals surface area contributed by atoms with E-state index in [1.54, 1.807) is 18.6 Å². The number of hydrogen-bond acceptors (Lipinski definition) is 5. The van der Waals surface area contributed by atoms with Crippen LogP contribution in [0.2, 0.25) is 0 Å². The Morgan fingerprint density at radius 1 is 1.04 bits per heavy atom. The van der Waals surface area contributed by atoms with Crippen molar-refractivity contribution in [3.63, 3.8) is 0 Å². The predicted octanol–water partition coefficient (Wildman–Crippen LogP) is 3.36. The van der Waals surface area contributed by atoms with Gasteiger partial charge in [-0.25, -0.2) is 0 Å². The van der Waals surface area contributed by atoms with E-state index in [4.69, 9.17) is 9.47 Å². The zero-order chi connectivity index (χ0) is 17.1. The molecule has 4 rings (SSSR count). The molecule has 0 saturated heterocycles. The highest BCUT2D eigenvalue weighted by molar-refractivity contribution is 5.84. The lowest BCUT2D eigenvalue weighted by Gasteiger charge is -2.09. The molecule has 1 fully saturated rings. The Hall–Kier alpha value is -2.95. The second-order valence-corrected chi connectivity index (χ2v) is 6.07. The van der Waals surface area contributed by atoms with Crippen molar-refractivity contribution >= 4 is 16.9 Å². The number of aromatic nitrogens is 2. The summed E-state index contributed by atoms with van der Waals surface area (Å²) < 4.78 is 11.1. The zero-order valence-electron chi connectivity index (χ0n) is 13.7. The van der Waals surface area contributed by atoms with E-state index < -0.39 is 0 Å². The Kier molecular flexibility index (Phi) is 4.29. The lowest BCUT2D eigenvalue weighted by Crippen LogP contribution is -2.14. The van der Waals surface area contributed by atoms with Crippen molar-refractivity contribution in [2.24, 2.45) is 5.92 Å². The molecule has 25 heavy (non-hydrogen) atoms. The molecule has 2 atom stereocenters. The Morgan fingerprint density at radius 3 is 2.76 bits per heavy atom. The molecule has 1 aliphatic carbocycles. The summed E-state index contributed by atoms with van der Waals surface area (Å²) in [5.74, 6) is 0.831. The van der Waals surface area contributed by atoms with Gasteiger partial charge in [-0.05, 0) is 48.2 Å². The predicted molar refractivity (Wildman–Crippen MR) is 93.3 cm³/mol. The summed E-state index contributed by atoms with van der Waals surface area (Å²) in [6.45, 7) is 0.571. The van der Waals surface area contributed by atoms with Gasteiger partial charge in [0.25, 0.3) is 0 Å². The molecule has 0 radical (unpaired) electrons. The number of carbonyl (C=O) groups excluding carboxylic acids is 1. The third kappa shape index (κ3) is 3.45. The lowest BCUT2D eigenvalue weighted by molar-refractivity contribution is -0.146.